The summed E-state index contributed by atoms with van der Waals surface area (Å²) in [6.07, 6.45) is 5.37. The number of aryl methyl sites for hydroxylation is 1. The molecule has 0 radical (unpaired) electrons. The zero-order chi connectivity index (χ0) is 15.0. The molecule has 1 aliphatic rings. The first-order valence-corrected chi connectivity index (χ1v) is 8.54. The molecular weight excluding hydrogens is 311 g/mol. The number of fused-ring (bicyclic) bond motifs is 1. The fourth-order valence-corrected chi connectivity index (χ4v) is 3.27. The SMILES string of the molecule is CSc1nc(N2CCCCC2)c2c(C)nc(Cl)c(F)c2n1. The van der Waals surface area contributed by atoms with Crippen molar-refractivity contribution in [1.82, 2.24) is 15.0 Å². The molecular formula is C14H16ClFN4S. The maximum atomic E-state index is 14.3. The van der Waals surface area contributed by atoms with Crippen molar-refractivity contribution in [2.75, 3.05) is 24.2 Å². The van der Waals surface area contributed by atoms with Crippen LogP contribution in [-0.2, 0) is 0 Å². The number of halogens is 2. The monoisotopic (exact) mass is 326 g/mol. The highest BCUT2D eigenvalue weighted by Gasteiger charge is 2.22. The van der Waals surface area contributed by atoms with Crippen molar-refractivity contribution in [2.24, 2.45) is 0 Å². The lowest BCUT2D eigenvalue weighted by molar-refractivity contribution is 0.572. The van der Waals surface area contributed by atoms with E-state index in [2.05, 4.69) is 19.9 Å². The summed E-state index contributed by atoms with van der Waals surface area (Å²) < 4.78 is 14.3. The molecule has 3 rings (SSSR count). The molecule has 0 aromatic carbocycles. The Balaban J connectivity index is 2.28. The lowest BCUT2D eigenvalue weighted by Gasteiger charge is -2.29. The molecule has 0 amide bonds. The third-order valence-corrected chi connectivity index (χ3v) is 4.52. The van der Waals surface area contributed by atoms with Gasteiger partial charge in [0.05, 0.1) is 11.1 Å². The van der Waals surface area contributed by atoms with Crippen LogP contribution in [0, 0.1) is 12.7 Å². The molecule has 1 aliphatic heterocycles. The van der Waals surface area contributed by atoms with Crippen molar-refractivity contribution in [3.63, 3.8) is 0 Å². The normalized spacial score (nSPS) is 15.7. The highest BCUT2D eigenvalue weighted by molar-refractivity contribution is 7.98. The molecule has 0 N–H and O–H groups in total. The third-order valence-electron chi connectivity index (χ3n) is 3.72. The molecule has 0 bridgehead atoms. The average molecular weight is 327 g/mol. The lowest BCUT2D eigenvalue weighted by Crippen LogP contribution is -2.30. The van der Waals surface area contributed by atoms with Crippen LogP contribution < -0.4 is 4.90 Å². The number of anilines is 1. The standard InChI is InChI=1S/C14H16ClFN4S/c1-8-9-11(10(16)12(15)17-8)18-14(21-2)19-13(9)20-6-4-3-5-7-20/h3-7H2,1-2H3. The van der Waals surface area contributed by atoms with Gasteiger partial charge in [0.2, 0.25) is 0 Å². The minimum absolute atomic E-state index is 0.129. The van der Waals surface area contributed by atoms with E-state index in [0.29, 0.717) is 16.2 Å². The van der Waals surface area contributed by atoms with E-state index in [9.17, 15) is 4.39 Å². The van der Waals surface area contributed by atoms with Crippen molar-refractivity contribution < 1.29 is 4.39 Å². The number of rotatable bonds is 2. The highest BCUT2D eigenvalue weighted by atomic mass is 35.5. The number of pyridine rings is 1. The van der Waals surface area contributed by atoms with Crippen LogP contribution in [0.5, 0.6) is 0 Å². The van der Waals surface area contributed by atoms with E-state index in [4.69, 9.17) is 11.6 Å². The van der Waals surface area contributed by atoms with Gasteiger partial charge in [0.15, 0.2) is 16.1 Å². The van der Waals surface area contributed by atoms with Crippen molar-refractivity contribution in [1.29, 1.82) is 0 Å². The van der Waals surface area contributed by atoms with Gasteiger partial charge in [-0.25, -0.2) is 19.3 Å². The van der Waals surface area contributed by atoms with Gasteiger partial charge >= 0.3 is 0 Å². The summed E-state index contributed by atoms with van der Waals surface area (Å²) in [4.78, 5) is 15.2. The van der Waals surface area contributed by atoms with Crippen LogP contribution in [0.25, 0.3) is 10.9 Å². The molecule has 1 saturated heterocycles. The zero-order valence-corrected chi connectivity index (χ0v) is 13.6. The third kappa shape index (κ3) is 2.66. The number of piperidine rings is 1. The van der Waals surface area contributed by atoms with E-state index < -0.39 is 5.82 Å². The summed E-state index contributed by atoms with van der Waals surface area (Å²) in [5.41, 5.74) is 0.942. The van der Waals surface area contributed by atoms with Gasteiger partial charge in [0.1, 0.15) is 11.3 Å². The Hall–Kier alpha value is -1.14. The first-order valence-electron chi connectivity index (χ1n) is 6.94. The van der Waals surface area contributed by atoms with E-state index in [1.807, 2.05) is 13.2 Å². The topological polar surface area (TPSA) is 41.9 Å². The highest BCUT2D eigenvalue weighted by Crippen LogP contribution is 2.33. The van der Waals surface area contributed by atoms with E-state index in [-0.39, 0.29) is 10.7 Å². The van der Waals surface area contributed by atoms with Gasteiger partial charge in [0.25, 0.3) is 0 Å². The molecule has 0 aliphatic carbocycles. The molecule has 1 fully saturated rings. The van der Waals surface area contributed by atoms with Crippen LogP contribution in [0.1, 0.15) is 25.0 Å². The van der Waals surface area contributed by atoms with Crippen molar-refractivity contribution in [3.8, 4) is 0 Å². The Morgan fingerprint density at radius 2 is 1.86 bits per heavy atom. The summed E-state index contributed by atoms with van der Waals surface area (Å²) in [5.74, 6) is 0.220. The maximum absolute atomic E-state index is 14.3. The molecule has 3 heterocycles. The molecule has 7 heteroatoms. The Morgan fingerprint density at radius 1 is 1.14 bits per heavy atom. The second kappa shape index (κ2) is 5.93. The van der Waals surface area contributed by atoms with E-state index in [1.54, 1.807) is 0 Å². The van der Waals surface area contributed by atoms with Crippen LogP contribution in [0.4, 0.5) is 10.2 Å². The lowest BCUT2D eigenvalue weighted by atomic mass is 10.1. The quantitative estimate of drug-likeness (QED) is 0.476. The number of hydrogen-bond donors (Lipinski definition) is 0. The zero-order valence-electron chi connectivity index (χ0n) is 12.0. The first kappa shape index (κ1) is 14.8. The molecule has 2 aromatic heterocycles. The molecule has 112 valence electrons. The van der Waals surface area contributed by atoms with Gasteiger partial charge in [-0.15, -0.1) is 0 Å². The Kier molecular flexibility index (Phi) is 4.17. The Labute approximate surface area is 132 Å². The second-order valence-corrected chi connectivity index (χ2v) is 6.24. The van der Waals surface area contributed by atoms with Crippen LogP contribution in [0.15, 0.2) is 5.16 Å². The molecule has 21 heavy (non-hydrogen) atoms. The minimum atomic E-state index is -0.562. The summed E-state index contributed by atoms with van der Waals surface area (Å²) in [6, 6.07) is 0. The van der Waals surface area contributed by atoms with E-state index in [1.165, 1.54) is 18.2 Å². The Bertz CT molecular complexity index is 688. The maximum Gasteiger partial charge on any atom is 0.189 e. The molecule has 0 saturated carbocycles. The van der Waals surface area contributed by atoms with Crippen molar-refractivity contribution in [2.45, 2.75) is 31.3 Å². The Morgan fingerprint density at radius 3 is 2.52 bits per heavy atom. The minimum Gasteiger partial charge on any atom is -0.356 e. The average Bonchev–Trinajstić information content (AvgIpc) is 2.52. The largest absolute Gasteiger partial charge is 0.356 e. The van der Waals surface area contributed by atoms with Gasteiger partial charge < -0.3 is 4.90 Å². The number of aromatic nitrogens is 3. The smallest absolute Gasteiger partial charge is 0.189 e. The van der Waals surface area contributed by atoms with Crippen LogP contribution >= 0.6 is 23.4 Å². The van der Waals surface area contributed by atoms with Gasteiger partial charge in [0, 0.05) is 13.1 Å². The summed E-state index contributed by atoms with van der Waals surface area (Å²) in [7, 11) is 0. The number of hydrogen-bond acceptors (Lipinski definition) is 5. The summed E-state index contributed by atoms with van der Waals surface area (Å²) in [5, 5.41) is 1.11. The van der Waals surface area contributed by atoms with Crippen molar-refractivity contribution in [3.05, 3.63) is 16.7 Å². The molecule has 4 nitrogen and oxygen atoms in total. The summed E-state index contributed by atoms with van der Waals surface area (Å²) in [6.45, 7) is 3.69. The molecule has 0 spiro atoms. The van der Waals surface area contributed by atoms with Crippen LogP contribution in [-0.4, -0.2) is 34.3 Å². The van der Waals surface area contributed by atoms with Gasteiger partial charge in [-0.2, -0.15) is 0 Å². The molecule has 2 aromatic rings. The van der Waals surface area contributed by atoms with Crippen LogP contribution in [0.2, 0.25) is 5.15 Å². The first-order chi connectivity index (χ1) is 10.1. The van der Waals surface area contributed by atoms with E-state index in [0.717, 1.165) is 31.7 Å². The van der Waals surface area contributed by atoms with Crippen LogP contribution in [0.3, 0.4) is 0 Å². The van der Waals surface area contributed by atoms with Gasteiger partial charge in [-0.1, -0.05) is 23.4 Å². The predicted octanol–water partition coefficient (Wildman–Crippen LogP) is 3.84. The van der Waals surface area contributed by atoms with Gasteiger partial charge in [-0.3, -0.25) is 0 Å². The van der Waals surface area contributed by atoms with E-state index >= 15 is 0 Å². The molecule has 0 atom stereocenters. The molecule has 0 unspecified atom stereocenters. The second-order valence-electron chi connectivity index (χ2n) is 5.11. The predicted molar refractivity (Wildman–Crippen MR) is 84.9 cm³/mol. The fourth-order valence-electron chi connectivity index (χ4n) is 2.70. The van der Waals surface area contributed by atoms with Gasteiger partial charge in [-0.05, 0) is 32.4 Å². The number of nitrogens with zero attached hydrogens (tertiary/aromatic N) is 4. The summed E-state index contributed by atoms with van der Waals surface area (Å²) >= 11 is 7.26. The fraction of sp³-hybridized carbons (Fsp3) is 0.500. The van der Waals surface area contributed by atoms with Crippen molar-refractivity contribution >= 4 is 40.1 Å². The number of thioether (sulfide) groups is 1.